The Morgan fingerprint density at radius 1 is 1.08 bits per heavy atom. The summed E-state index contributed by atoms with van der Waals surface area (Å²) in [5.41, 5.74) is 7.97. The SMILES string of the molecule is Cc1ccc(C(=O)N2CCCC(C(=O)N3CCCCC3C(C)N)C2)cc1. The van der Waals surface area contributed by atoms with E-state index in [0.29, 0.717) is 12.1 Å². The first kappa shape index (κ1) is 18.9. The smallest absolute Gasteiger partial charge is 0.253 e. The van der Waals surface area contributed by atoms with E-state index in [1.807, 2.05) is 47.9 Å². The number of benzene rings is 1. The molecule has 2 heterocycles. The normalized spacial score (nSPS) is 25.0. The van der Waals surface area contributed by atoms with E-state index in [4.69, 9.17) is 5.73 Å². The number of rotatable bonds is 3. The lowest BCUT2D eigenvalue weighted by atomic mass is 9.91. The molecule has 0 spiro atoms. The Labute approximate surface area is 156 Å². The molecule has 5 nitrogen and oxygen atoms in total. The van der Waals surface area contributed by atoms with Gasteiger partial charge in [0, 0.05) is 37.3 Å². The third kappa shape index (κ3) is 4.09. The van der Waals surface area contributed by atoms with Crippen LogP contribution < -0.4 is 5.73 Å². The zero-order chi connectivity index (χ0) is 18.7. The summed E-state index contributed by atoms with van der Waals surface area (Å²) in [5, 5.41) is 0. The summed E-state index contributed by atoms with van der Waals surface area (Å²) in [4.78, 5) is 29.8. The minimum Gasteiger partial charge on any atom is -0.338 e. The van der Waals surface area contributed by atoms with Gasteiger partial charge in [0.25, 0.3) is 5.91 Å². The van der Waals surface area contributed by atoms with Gasteiger partial charge in [-0.15, -0.1) is 0 Å². The fraction of sp³-hybridized carbons (Fsp3) is 0.619. The van der Waals surface area contributed by atoms with Gasteiger partial charge >= 0.3 is 0 Å². The molecule has 2 aliphatic heterocycles. The lowest BCUT2D eigenvalue weighted by Gasteiger charge is -2.42. The van der Waals surface area contributed by atoms with Crippen molar-refractivity contribution in [2.75, 3.05) is 19.6 Å². The first-order valence-electron chi connectivity index (χ1n) is 9.89. The van der Waals surface area contributed by atoms with Gasteiger partial charge in [0.2, 0.25) is 5.91 Å². The largest absolute Gasteiger partial charge is 0.338 e. The van der Waals surface area contributed by atoms with Crippen LogP contribution in [0.5, 0.6) is 0 Å². The molecule has 2 saturated heterocycles. The molecule has 0 saturated carbocycles. The number of amides is 2. The highest BCUT2D eigenvalue weighted by Gasteiger charge is 2.36. The maximum atomic E-state index is 13.1. The van der Waals surface area contributed by atoms with Crippen molar-refractivity contribution < 1.29 is 9.59 Å². The molecule has 3 atom stereocenters. The molecule has 0 aromatic heterocycles. The second-order valence-electron chi connectivity index (χ2n) is 7.91. The summed E-state index contributed by atoms with van der Waals surface area (Å²) in [6.45, 7) is 6.05. The summed E-state index contributed by atoms with van der Waals surface area (Å²) in [5.74, 6) is 0.121. The Hall–Kier alpha value is -1.88. The molecule has 0 radical (unpaired) electrons. The van der Waals surface area contributed by atoms with Crippen LogP contribution in [0.1, 0.15) is 54.9 Å². The van der Waals surface area contributed by atoms with Gasteiger partial charge in [-0.2, -0.15) is 0 Å². The highest BCUT2D eigenvalue weighted by molar-refractivity contribution is 5.94. The first-order chi connectivity index (χ1) is 12.5. The van der Waals surface area contributed by atoms with Crippen molar-refractivity contribution in [3.63, 3.8) is 0 Å². The van der Waals surface area contributed by atoms with Gasteiger partial charge in [-0.1, -0.05) is 17.7 Å². The lowest BCUT2D eigenvalue weighted by Crippen LogP contribution is -2.55. The maximum Gasteiger partial charge on any atom is 0.253 e. The second-order valence-corrected chi connectivity index (χ2v) is 7.91. The van der Waals surface area contributed by atoms with E-state index < -0.39 is 0 Å². The van der Waals surface area contributed by atoms with Gasteiger partial charge < -0.3 is 15.5 Å². The molecular formula is C21H31N3O2. The molecule has 2 aliphatic rings. The lowest BCUT2D eigenvalue weighted by molar-refractivity contribution is -0.141. The van der Waals surface area contributed by atoms with E-state index in [-0.39, 0.29) is 29.8 Å². The summed E-state index contributed by atoms with van der Waals surface area (Å²) in [6.07, 6.45) is 4.91. The van der Waals surface area contributed by atoms with Crippen LogP contribution in [-0.2, 0) is 4.79 Å². The van der Waals surface area contributed by atoms with Crippen LogP contribution in [0.15, 0.2) is 24.3 Å². The summed E-state index contributed by atoms with van der Waals surface area (Å²) >= 11 is 0. The highest BCUT2D eigenvalue weighted by atomic mass is 16.2. The molecule has 142 valence electrons. The summed E-state index contributed by atoms with van der Waals surface area (Å²) in [7, 11) is 0. The van der Waals surface area contributed by atoms with Crippen LogP contribution in [-0.4, -0.2) is 53.3 Å². The monoisotopic (exact) mass is 357 g/mol. The average Bonchev–Trinajstić information content (AvgIpc) is 2.67. The fourth-order valence-electron chi connectivity index (χ4n) is 4.25. The van der Waals surface area contributed by atoms with Gasteiger partial charge in [0.15, 0.2) is 0 Å². The van der Waals surface area contributed by atoms with E-state index >= 15 is 0 Å². The number of nitrogens with two attached hydrogens (primary N) is 1. The van der Waals surface area contributed by atoms with Gasteiger partial charge in [-0.25, -0.2) is 0 Å². The minimum atomic E-state index is -0.0995. The fourth-order valence-corrected chi connectivity index (χ4v) is 4.25. The minimum absolute atomic E-state index is 0.00636. The zero-order valence-electron chi connectivity index (χ0n) is 16.0. The Bertz CT molecular complexity index is 641. The van der Waals surface area contributed by atoms with Gasteiger partial charge in [-0.3, -0.25) is 9.59 Å². The highest BCUT2D eigenvalue weighted by Crippen LogP contribution is 2.26. The van der Waals surface area contributed by atoms with Crippen molar-refractivity contribution in [2.45, 2.75) is 58.0 Å². The van der Waals surface area contributed by atoms with Crippen molar-refractivity contribution >= 4 is 11.8 Å². The van der Waals surface area contributed by atoms with Crippen molar-refractivity contribution in [1.29, 1.82) is 0 Å². The van der Waals surface area contributed by atoms with Crippen LogP contribution in [0.4, 0.5) is 0 Å². The Balaban J connectivity index is 1.68. The molecule has 2 amide bonds. The van der Waals surface area contributed by atoms with E-state index in [1.54, 1.807) is 0 Å². The van der Waals surface area contributed by atoms with Crippen LogP contribution in [0.2, 0.25) is 0 Å². The maximum absolute atomic E-state index is 13.1. The van der Waals surface area contributed by atoms with E-state index in [0.717, 1.165) is 50.8 Å². The molecule has 2 fully saturated rings. The molecule has 0 bridgehead atoms. The van der Waals surface area contributed by atoms with Gasteiger partial charge in [0.05, 0.1) is 5.92 Å². The van der Waals surface area contributed by atoms with Crippen LogP contribution in [0.3, 0.4) is 0 Å². The van der Waals surface area contributed by atoms with E-state index in [2.05, 4.69) is 0 Å². The number of carbonyl (C=O) groups excluding carboxylic acids is 2. The standard InChI is InChI=1S/C21H31N3O2/c1-15-8-10-17(11-9-15)20(25)23-12-5-6-18(14-23)21(26)24-13-4-3-7-19(24)16(2)22/h8-11,16,18-19H,3-7,12-14,22H2,1-2H3. The first-order valence-corrected chi connectivity index (χ1v) is 9.89. The molecule has 5 heteroatoms. The predicted molar refractivity (Wildman–Crippen MR) is 103 cm³/mol. The molecule has 1 aromatic rings. The third-order valence-corrected chi connectivity index (χ3v) is 5.80. The van der Waals surface area contributed by atoms with E-state index in [1.165, 1.54) is 0 Å². The molecule has 26 heavy (non-hydrogen) atoms. The van der Waals surface area contributed by atoms with Crippen molar-refractivity contribution in [1.82, 2.24) is 9.80 Å². The summed E-state index contributed by atoms with van der Waals surface area (Å²) < 4.78 is 0. The van der Waals surface area contributed by atoms with Crippen molar-refractivity contribution in [3.8, 4) is 0 Å². The van der Waals surface area contributed by atoms with Crippen LogP contribution >= 0.6 is 0 Å². The van der Waals surface area contributed by atoms with Crippen LogP contribution in [0, 0.1) is 12.8 Å². The number of likely N-dealkylation sites (tertiary alicyclic amines) is 2. The van der Waals surface area contributed by atoms with Gasteiger partial charge in [-0.05, 0) is 58.1 Å². The number of aryl methyl sites for hydroxylation is 1. The topological polar surface area (TPSA) is 66.6 Å². The summed E-state index contributed by atoms with van der Waals surface area (Å²) in [6, 6.07) is 7.80. The molecule has 3 unspecified atom stereocenters. The van der Waals surface area contributed by atoms with E-state index in [9.17, 15) is 9.59 Å². The predicted octanol–water partition coefficient (Wildman–Crippen LogP) is 2.58. The molecule has 2 N–H and O–H groups in total. The Morgan fingerprint density at radius 3 is 2.50 bits per heavy atom. The second kappa shape index (κ2) is 8.21. The van der Waals surface area contributed by atoms with Crippen molar-refractivity contribution in [2.24, 2.45) is 11.7 Å². The Morgan fingerprint density at radius 2 is 1.81 bits per heavy atom. The number of hydrogen-bond acceptors (Lipinski definition) is 3. The number of hydrogen-bond donors (Lipinski definition) is 1. The molecule has 3 rings (SSSR count). The number of carbonyl (C=O) groups is 2. The molecule has 1 aromatic carbocycles. The quantitative estimate of drug-likeness (QED) is 0.904. The molecule has 0 aliphatic carbocycles. The Kier molecular flexibility index (Phi) is 5.97. The number of nitrogens with zero attached hydrogens (tertiary/aromatic N) is 2. The van der Waals surface area contributed by atoms with Crippen molar-refractivity contribution in [3.05, 3.63) is 35.4 Å². The molecular weight excluding hydrogens is 326 g/mol. The third-order valence-electron chi connectivity index (χ3n) is 5.80. The van der Waals surface area contributed by atoms with Crippen LogP contribution in [0.25, 0.3) is 0 Å². The average molecular weight is 357 g/mol. The van der Waals surface area contributed by atoms with Gasteiger partial charge in [0.1, 0.15) is 0 Å². The zero-order valence-corrected chi connectivity index (χ0v) is 16.0. The number of piperidine rings is 2.